The average molecular weight is 212 g/mol. The second-order valence-corrected chi connectivity index (χ2v) is 5.65. The molecular weight excluding hydrogens is 184 g/mol. The van der Waals surface area contributed by atoms with Gasteiger partial charge in [0.15, 0.2) is 0 Å². The van der Waals surface area contributed by atoms with Crippen molar-refractivity contribution in [2.24, 2.45) is 11.8 Å². The molecule has 0 aromatic rings. The van der Waals surface area contributed by atoms with Crippen LogP contribution in [-0.4, -0.2) is 37.1 Å². The quantitative estimate of drug-likeness (QED) is 0.752. The van der Waals surface area contributed by atoms with Crippen molar-refractivity contribution >= 4 is 0 Å². The van der Waals surface area contributed by atoms with Gasteiger partial charge in [-0.2, -0.15) is 0 Å². The van der Waals surface area contributed by atoms with Gasteiger partial charge in [-0.1, -0.05) is 13.8 Å². The van der Waals surface area contributed by atoms with Gasteiger partial charge in [0.05, 0.1) is 0 Å². The van der Waals surface area contributed by atoms with Gasteiger partial charge in [-0.05, 0) is 58.2 Å². The largest absolute Gasteiger partial charge is 0.316 e. The van der Waals surface area contributed by atoms with E-state index in [1.165, 1.54) is 32.5 Å². The molecule has 90 valence electrons. The summed E-state index contributed by atoms with van der Waals surface area (Å²) >= 11 is 0. The summed E-state index contributed by atoms with van der Waals surface area (Å²) in [5.41, 5.74) is 0. The fourth-order valence-corrected chi connectivity index (χ4v) is 2.31. The standard InChI is InChI=1S/C13H28N2/c1-11(2)8-14-9-13-6-5-7-15(10-13)12(3)4/h11-14H,5-10H2,1-4H3. The van der Waals surface area contributed by atoms with Crippen molar-refractivity contribution in [1.82, 2.24) is 10.2 Å². The summed E-state index contributed by atoms with van der Waals surface area (Å²) in [5.74, 6) is 1.65. The van der Waals surface area contributed by atoms with E-state index in [1.54, 1.807) is 0 Å². The Morgan fingerprint density at radius 2 is 2.00 bits per heavy atom. The molecule has 1 saturated heterocycles. The van der Waals surface area contributed by atoms with Crippen molar-refractivity contribution in [3.8, 4) is 0 Å². The van der Waals surface area contributed by atoms with E-state index in [4.69, 9.17) is 0 Å². The molecule has 0 radical (unpaired) electrons. The predicted octanol–water partition coefficient (Wildman–Crippen LogP) is 2.35. The molecule has 1 fully saturated rings. The number of piperidine rings is 1. The van der Waals surface area contributed by atoms with Gasteiger partial charge in [-0.25, -0.2) is 0 Å². The van der Waals surface area contributed by atoms with Crippen LogP contribution in [0.5, 0.6) is 0 Å². The van der Waals surface area contributed by atoms with Gasteiger partial charge in [0, 0.05) is 12.6 Å². The van der Waals surface area contributed by atoms with Crippen LogP contribution < -0.4 is 5.32 Å². The number of nitrogens with zero attached hydrogens (tertiary/aromatic N) is 1. The van der Waals surface area contributed by atoms with Gasteiger partial charge in [-0.3, -0.25) is 0 Å². The Hall–Kier alpha value is -0.0800. The molecule has 2 nitrogen and oxygen atoms in total. The highest BCUT2D eigenvalue weighted by Gasteiger charge is 2.20. The molecule has 0 aliphatic carbocycles. The topological polar surface area (TPSA) is 15.3 Å². The normalized spacial score (nSPS) is 24.0. The summed E-state index contributed by atoms with van der Waals surface area (Å²) in [6.45, 7) is 14.1. The zero-order valence-corrected chi connectivity index (χ0v) is 10.9. The Kier molecular flexibility index (Phi) is 5.62. The van der Waals surface area contributed by atoms with Crippen molar-refractivity contribution in [1.29, 1.82) is 0 Å². The SMILES string of the molecule is CC(C)CNCC1CCCN(C(C)C)C1. The van der Waals surface area contributed by atoms with Gasteiger partial charge in [0.2, 0.25) is 0 Å². The summed E-state index contributed by atoms with van der Waals surface area (Å²) in [6, 6.07) is 0.720. The molecule has 1 N–H and O–H groups in total. The maximum Gasteiger partial charge on any atom is 0.00387 e. The maximum atomic E-state index is 3.59. The van der Waals surface area contributed by atoms with Crippen LogP contribution in [-0.2, 0) is 0 Å². The zero-order valence-electron chi connectivity index (χ0n) is 10.9. The van der Waals surface area contributed by atoms with Crippen molar-refractivity contribution in [2.75, 3.05) is 26.2 Å². The van der Waals surface area contributed by atoms with E-state index in [1.807, 2.05) is 0 Å². The highest BCUT2D eigenvalue weighted by molar-refractivity contribution is 4.76. The summed E-state index contributed by atoms with van der Waals surface area (Å²) in [4.78, 5) is 2.62. The summed E-state index contributed by atoms with van der Waals surface area (Å²) < 4.78 is 0. The summed E-state index contributed by atoms with van der Waals surface area (Å²) in [5, 5.41) is 3.59. The third kappa shape index (κ3) is 4.98. The van der Waals surface area contributed by atoms with Gasteiger partial charge >= 0.3 is 0 Å². The summed E-state index contributed by atoms with van der Waals surface area (Å²) in [6.07, 6.45) is 2.79. The molecule has 0 amide bonds. The Morgan fingerprint density at radius 3 is 2.60 bits per heavy atom. The molecule has 15 heavy (non-hydrogen) atoms. The highest BCUT2D eigenvalue weighted by atomic mass is 15.2. The first kappa shape index (κ1) is 13.0. The van der Waals surface area contributed by atoms with Gasteiger partial charge < -0.3 is 10.2 Å². The smallest absolute Gasteiger partial charge is 0.00387 e. The molecule has 1 unspecified atom stereocenters. The lowest BCUT2D eigenvalue weighted by molar-refractivity contribution is 0.138. The van der Waals surface area contributed by atoms with E-state index >= 15 is 0 Å². The fraction of sp³-hybridized carbons (Fsp3) is 1.00. The van der Waals surface area contributed by atoms with Crippen LogP contribution in [0.2, 0.25) is 0 Å². The van der Waals surface area contributed by atoms with Crippen molar-refractivity contribution in [3.05, 3.63) is 0 Å². The van der Waals surface area contributed by atoms with Crippen LogP contribution in [0.25, 0.3) is 0 Å². The lowest BCUT2D eigenvalue weighted by Gasteiger charge is -2.35. The second kappa shape index (κ2) is 6.49. The first-order valence-corrected chi connectivity index (χ1v) is 6.54. The molecule has 1 atom stereocenters. The van der Waals surface area contributed by atoms with Gasteiger partial charge in [-0.15, -0.1) is 0 Å². The monoisotopic (exact) mass is 212 g/mol. The number of hydrogen-bond donors (Lipinski definition) is 1. The molecule has 0 aromatic heterocycles. The number of nitrogens with one attached hydrogen (secondary N) is 1. The predicted molar refractivity (Wildman–Crippen MR) is 67.1 cm³/mol. The molecule has 1 rings (SSSR count). The van der Waals surface area contributed by atoms with E-state index in [2.05, 4.69) is 37.9 Å². The van der Waals surface area contributed by atoms with Gasteiger partial charge in [0.1, 0.15) is 0 Å². The molecule has 1 aliphatic heterocycles. The van der Waals surface area contributed by atoms with Crippen molar-refractivity contribution in [2.45, 2.75) is 46.6 Å². The van der Waals surface area contributed by atoms with Crippen LogP contribution in [0.15, 0.2) is 0 Å². The van der Waals surface area contributed by atoms with E-state index in [0.717, 1.165) is 24.4 Å². The van der Waals surface area contributed by atoms with E-state index in [0.29, 0.717) is 0 Å². The minimum absolute atomic E-state index is 0.720. The number of hydrogen-bond acceptors (Lipinski definition) is 2. The van der Waals surface area contributed by atoms with Crippen molar-refractivity contribution in [3.63, 3.8) is 0 Å². The maximum absolute atomic E-state index is 3.59. The molecule has 1 heterocycles. The molecule has 2 heteroatoms. The summed E-state index contributed by atoms with van der Waals surface area (Å²) in [7, 11) is 0. The van der Waals surface area contributed by atoms with Crippen LogP contribution in [0.1, 0.15) is 40.5 Å². The molecule has 0 spiro atoms. The molecule has 0 saturated carbocycles. The third-order valence-electron chi connectivity index (χ3n) is 3.27. The lowest BCUT2D eigenvalue weighted by Crippen LogP contribution is -2.43. The van der Waals surface area contributed by atoms with Gasteiger partial charge in [0.25, 0.3) is 0 Å². The van der Waals surface area contributed by atoms with Crippen LogP contribution in [0.4, 0.5) is 0 Å². The first-order valence-electron chi connectivity index (χ1n) is 6.54. The number of rotatable bonds is 5. The average Bonchev–Trinajstić information content (AvgIpc) is 2.17. The Balaban J connectivity index is 2.18. The van der Waals surface area contributed by atoms with Crippen LogP contribution >= 0.6 is 0 Å². The van der Waals surface area contributed by atoms with E-state index < -0.39 is 0 Å². The van der Waals surface area contributed by atoms with Crippen LogP contribution in [0, 0.1) is 11.8 Å². The third-order valence-corrected chi connectivity index (χ3v) is 3.27. The van der Waals surface area contributed by atoms with Crippen molar-refractivity contribution < 1.29 is 0 Å². The Morgan fingerprint density at radius 1 is 1.27 bits per heavy atom. The Bertz CT molecular complexity index is 166. The Labute approximate surface area is 95.4 Å². The van der Waals surface area contributed by atoms with E-state index in [-0.39, 0.29) is 0 Å². The number of likely N-dealkylation sites (tertiary alicyclic amines) is 1. The first-order chi connectivity index (χ1) is 7.09. The minimum Gasteiger partial charge on any atom is -0.316 e. The van der Waals surface area contributed by atoms with E-state index in [9.17, 15) is 0 Å². The zero-order chi connectivity index (χ0) is 11.3. The molecule has 0 aromatic carbocycles. The molecular formula is C13H28N2. The molecule has 0 bridgehead atoms. The lowest BCUT2D eigenvalue weighted by atomic mass is 9.97. The highest BCUT2D eigenvalue weighted by Crippen LogP contribution is 2.17. The fourth-order valence-electron chi connectivity index (χ4n) is 2.31. The minimum atomic E-state index is 0.720. The second-order valence-electron chi connectivity index (χ2n) is 5.65. The molecule has 1 aliphatic rings. The van der Waals surface area contributed by atoms with Crippen LogP contribution in [0.3, 0.4) is 0 Å².